The summed E-state index contributed by atoms with van der Waals surface area (Å²) in [6.45, 7) is 1.63. The highest BCUT2D eigenvalue weighted by Crippen LogP contribution is 2.27. The van der Waals surface area contributed by atoms with Gasteiger partial charge in [0.15, 0.2) is 0 Å². The molecule has 5 nitrogen and oxygen atoms in total. The van der Waals surface area contributed by atoms with Gasteiger partial charge in [0.1, 0.15) is 4.21 Å². The monoisotopic (exact) mass is 402 g/mol. The maximum absolute atomic E-state index is 12.3. The number of rotatable bonds is 5. The van der Waals surface area contributed by atoms with Crippen LogP contribution in [0.15, 0.2) is 44.4 Å². The smallest absolute Gasteiger partial charge is 0.252 e. The Labute approximate surface area is 142 Å². The molecule has 1 aromatic heterocycles. The number of hydrogen-bond acceptors (Lipinski definition) is 4. The lowest BCUT2D eigenvalue weighted by molar-refractivity contribution is -0.116. The summed E-state index contributed by atoms with van der Waals surface area (Å²) in [7, 11) is -2.27. The molecule has 1 aromatic carbocycles. The van der Waals surface area contributed by atoms with Gasteiger partial charge in [-0.15, -0.1) is 11.3 Å². The van der Waals surface area contributed by atoms with Crippen LogP contribution in [0.4, 0.5) is 5.69 Å². The van der Waals surface area contributed by atoms with E-state index in [1.807, 2.05) is 25.1 Å². The Morgan fingerprint density at radius 2 is 1.95 bits per heavy atom. The number of nitrogens with zero attached hydrogens (tertiary/aromatic N) is 1. The quantitative estimate of drug-likeness (QED) is 0.835. The number of para-hydroxylation sites is 1. The molecular formula is C14H15BrN2O3S2. The molecule has 0 saturated heterocycles. The van der Waals surface area contributed by atoms with E-state index >= 15 is 0 Å². The normalized spacial score (nSPS) is 11.6. The first-order valence-electron chi connectivity index (χ1n) is 6.38. The molecule has 0 saturated carbocycles. The van der Waals surface area contributed by atoms with Gasteiger partial charge >= 0.3 is 0 Å². The minimum atomic E-state index is -3.65. The van der Waals surface area contributed by atoms with E-state index in [-0.39, 0.29) is 16.7 Å². The summed E-state index contributed by atoms with van der Waals surface area (Å²) in [4.78, 5) is 12.0. The van der Waals surface area contributed by atoms with Crippen LogP contribution in [0.3, 0.4) is 0 Å². The lowest BCUT2D eigenvalue weighted by Gasteiger charge is -2.16. The van der Waals surface area contributed by atoms with Gasteiger partial charge in [0.2, 0.25) is 5.91 Å². The second-order valence-electron chi connectivity index (χ2n) is 4.68. The molecule has 2 aromatic rings. The highest BCUT2D eigenvalue weighted by Gasteiger charge is 2.24. The van der Waals surface area contributed by atoms with E-state index < -0.39 is 10.0 Å². The zero-order valence-electron chi connectivity index (χ0n) is 12.0. The molecule has 0 aliphatic rings. The van der Waals surface area contributed by atoms with Gasteiger partial charge < -0.3 is 5.32 Å². The van der Waals surface area contributed by atoms with Crippen LogP contribution >= 0.6 is 27.3 Å². The molecule has 2 rings (SSSR count). The molecule has 118 valence electrons. The average Bonchev–Trinajstić information content (AvgIpc) is 2.88. The summed E-state index contributed by atoms with van der Waals surface area (Å²) in [5.74, 6) is -0.379. The Hall–Kier alpha value is -1.22. The molecule has 1 heterocycles. The Balaban J connectivity index is 2.07. The van der Waals surface area contributed by atoms with Crippen LogP contribution in [0.5, 0.6) is 0 Å². The van der Waals surface area contributed by atoms with Crippen LogP contribution in [0.2, 0.25) is 0 Å². The standard InChI is InChI=1S/C14H15BrN2O3S2/c1-10-5-3-4-6-11(10)16-13(18)9-17(2)22(19,20)14-8-7-12(15)21-14/h3-8H,9H2,1-2H3,(H,16,18). The minimum absolute atomic E-state index is 0.200. The van der Waals surface area contributed by atoms with Crippen molar-refractivity contribution in [2.75, 3.05) is 18.9 Å². The number of likely N-dealkylation sites (N-methyl/N-ethyl adjacent to an activating group) is 1. The first kappa shape index (κ1) is 17.1. The molecule has 0 fully saturated rings. The molecule has 0 atom stereocenters. The maximum Gasteiger partial charge on any atom is 0.252 e. The lowest BCUT2D eigenvalue weighted by Crippen LogP contribution is -2.34. The van der Waals surface area contributed by atoms with Gasteiger partial charge in [-0.2, -0.15) is 4.31 Å². The van der Waals surface area contributed by atoms with Gasteiger partial charge in [-0.05, 0) is 46.6 Å². The summed E-state index contributed by atoms with van der Waals surface area (Å²) in [5.41, 5.74) is 1.60. The summed E-state index contributed by atoms with van der Waals surface area (Å²) in [6.07, 6.45) is 0. The third-order valence-corrected chi connectivity index (χ3v) is 6.89. The Bertz CT molecular complexity index is 787. The van der Waals surface area contributed by atoms with E-state index in [2.05, 4.69) is 21.2 Å². The van der Waals surface area contributed by atoms with Crippen molar-refractivity contribution in [1.29, 1.82) is 0 Å². The van der Waals surface area contributed by atoms with Crippen molar-refractivity contribution in [3.05, 3.63) is 45.7 Å². The maximum atomic E-state index is 12.3. The van der Waals surface area contributed by atoms with Crippen LogP contribution in [0, 0.1) is 6.92 Å². The van der Waals surface area contributed by atoms with E-state index in [4.69, 9.17) is 0 Å². The molecule has 22 heavy (non-hydrogen) atoms. The summed E-state index contributed by atoms with van der Waals surface area (Å²) in [6, 6.07) is 10.5. The van der Waals surface area contributed by atoms with E-state index in [9.17, 15) is 13.2 Å². The molecule has 8 heteroatoms. The van der Waals surface area contributed by atoms with Gasteiger partial charge in [0, 0.05) is 12.7 Å². The van der Waals surface area contributed by atoms with Crippen LogP contribution in [0.1, 0.15) is 5.56 Å². The number of carbonyl (C=O) groups is 1. The molecule has 0 unspecified atom stereocenters. The van der Waals surface area contributed by atoms with Gasteiger partial charge in [0.05, 0.1) is 10.3 Å². The SMILES string of the molecule is Cc1ccccc1NC(=O)CN(C)S(=O)(=O)c1ccc(Br)s1. The molecule has 0 bridgehead atoms. The molecule has 0 spiro atoms. The van der Waals surface area contributed by atoms with Gasteiger partial charge in [-0.3, -0.25) is 4.79 Å². The largest absolute Gasteiger partial charge is 0.325 e. The number of nitrogens with one attached hydrogen (secondary N) is 1. The zero-order chi connectivity index (χ0) is 16.3. The fourth-order valence-corrected chi connectivity index (χ4v) is 5.13. The number of thiophene rings is 1. The first-order chi connectivity index (χ1) is 10.3. The lowest BCUT2D eigenvalue weighted by atomic mass is 10.2. The van der Waals surface area contributed by atoms with Crippen LogP contribution in [-0.2, 0) is 14.8 Å². The number of carbonyl (C=O) groups excluding carboxylic acids is 1. The Morgan fingerprint density at radius 3 is 2.55 bits per heavy atom. The number of amides is 1. The van der Waals surface area contributed by atoms with Gasteiger partial charge in [-0.25, -0.2) is 8.42 Å². The molecule has 0 radical (unpaired) electrons. The zero-order valence-corrected chi connectivity index (χ0v) is 15.3. The number of aryl methyl sites for hydroxylation is 1. The number of halogens is 1. The molecule has 0 aliphatic carbocycles. The minimum Gasteiger partial charge on any atom is -0.325 e. The third kappa shape index (κ3) is 3.95. The summed E-state index contributed by atoms with van der Waals surface area (Å²) >= 11 is 4.34. The number of sulfonamides is 1. The van der Waals surface area contributed by atoms with Crippen molar-refractivity contribution in [1.82, 2.24) is 4.31 Å². The van der Waals surface area contributed by atoms with Crippen LogP contribution in [0.25, 0.3) is 0 Å². The van der Waals surface area contributed by atoms with Crippen molar-refractivity contribution in [2.24, 2.45) is 0 Å². The Morgan fingerprint density at radius 1 is 1.27 bits per heavy atom. The van der Waals surface area contributed by atoms with Crippen molar-refractivity contribution < 1.29 is 13.2 Å². The molecule has 1 N–H and O–H groups in total. The second kappa shape index (κ2) is 6.91. The van der Waals surface area contributed by atoms with Gasteiger partial charge in [-0.1, -0.05) is 18.2 Å². The summed E-state index contributed by atoms with van der Waals surface area (Å²) < 4.78 is 26.6. The second-order valence-corrected chi connectivity index (χ2v) is 9.42. The van der Waals surface area contributed by atoms with Crippen LogP contribution < -0.4 is 5.32 Å². The van der Waals surface area contributed by atoms with E-state index in [1.165, 1.54) is 13.1 Å². The van der Waals surface area contributed by atoms with E-state index in [0.29, 0.717) is 5.69 Å². The van der Waals surface area contributed by atoms with Crippen molar-refractivity contribution in [3.8, 4) is 0 Å². The van der Waals surface area contributed by atoms with Crippen molar-refractivity contribution >= 4 is 48.9 Å². The van der Waals surface area contributed by atoms with Gasteiger partial charge in [0.25, 0.3) is 10.0 Å². The van der Waals surface area contributed by atoms with Crippen molar-refractivity contribution in [2.45, 2.75) is 11.1 Å². The fourth-order valence-electron chi connectivity index (χ4n) is 1.78. The third-order valence-electron chi connectivity index (χ3n) is 3.00. The number of hydrogen-bond donors (Lipinski definition) is 1. The highest BCUT2D eigenvalue weighted by molar-refractivity contribution is 9.11. The molecular weight excluding hydrogens is 388 g/mol. The predicted molar refractivity (Wildman–Crippen MR) is 91.6 cm³/mol. The molecule has 1 amide bonds. The Kier molecular flexibility index (Phi) is 5.38. The summed E-state index contributed by atoms with van der Waals surface area (Å²) in [5, 5.41) is 2.72. The topological polar surface area (TPSA) is 66.5 Å². The van der Waals surface area contributed by atoms with E-state index in [0.717, 1.165) is 25.0 Å². The average molecular weight is 403 g/mol. The number of anilines is 1. The number of benzene rings is 1. The predicted octanol–water partition coefficient (Wildman–Crippen LogP) is 3.08. The highest BCUT2D eigenvalue weighted by atomic mass is 79.9. The first-order valence-corrected chi connectivity index (χ1v) is 9.43. The van der Waals surface area contributed by atoms with Crippen molar-refractivity contribution in [3.63, 3.8) is 0 Å². The molecule has 0 aliphatic heterocycles. The van der Waals surface area contributed by atoms with Crippen LogP contribution in [-0.4, -0.2) is 32.2 Å². The fraction of sp³-hybridized carbons (Fsp3) is 0.214. The van der Waals surface area contributed by atoms with E-state index in [1.54, 1.807) is 12.1 Å².